The van der Waals surface area contributed by atoms with Crippen molar-refractivity contribution in [2.75, 3.05) is 10.8 Å². The molecule has 0 aliphatic heterocycles. The number of sulfonamides is 1. The first kappa shape index (κ1) is 33.3. The Balaban J connectivity index is 1.70. The van der Waals surface area contributed by atoms with Crippen LogP contribution in [0.15, 0.2) is 108 Å². The molecule has 4 rings (SSSR count). The molecule has 2 atom stereocenters. The summed E-state index contributed by atoms with van der Waals surface area (Å²) in [5, 5.41) is 2.95. The van der Waals surface area contributed by atoms with E-state index in [1.165, 1.54) is 17.0 Å². The van der Waals surface area contributed by atoms with Gasteiger partial charge in [0.2, 0.25) is 11.8 Å². The SMILES string of the molecule is CC[C@H](C)NC(=O)[C@@H](C)N(Cc1ccc(C)cc1)C(=O)CN(c1ccc(Oc2ccccc2)cc1)S(=O)(=O)c1ccc(C)cc1. The van der Waals surface area contributed by atoms with E-state index >= 15 is 0 Å². The Morgan fingerprint density at radius 1 is 0.778 bits per heavy atom. The van der Waals surface area contributed by atoms with Gasteiger partial charge in [-0.1, -0.05) is 72.6 Å². The molecule has 4 aromatic carbocycles. The third-order valence-corrected chi connectivity index (χ3v) is 9.42. The molecule has 0 aliphatic rings. The van der Waals surface area contributed by atoms with E-state index < -0.39 is 28.5 Å². The Hall–Kier alpha value is -4.63. The molecule has 0 aliphatic carbocycles. The van der Waals surface area contributed by atoms with E-state index in [-0.39, 0.29) is 29.1 Å². The van der Waals surface area contributed by atoms with E-state index in [4.69, 9.17) is 4.74 Å². The molecule has 8 nitrogen and oxygen atoms in total. The summed E-state index contributed by atoms with van der Waals surface area (Å²) in [7, 11) is -4.17. The zero-order valence-corrected chi connectivity index (χ0v) is 27.3. The van der Waals surface area contributed by atoms with Crippen molar-refractivity contribution in [2.45, 2.75) is 64.6 Å². The van der Waals surface area contributed by atoms with E-state index in [9.17, 15) is 18.0 Å². The second kappa shape index (κ2) is 14.9. The monoisotopic (exact) mass is 627 g/mol. The fraction of sp³-hybridized carbons (Fsp3) is 0.278. The van der Waals surface area contributed by atoms with Gasteiger partial charge in [0.25, 0.3) is 10.0 Å². The van der Waals surface area contributed by atoms with Gasteiger partial charge in [-0.15, -0.1) is 0 Å². The Morgan fingerprint density at radius 2 is 1.33 bits per heavy atom. The minimum absolute atomic E-state index is 0.0539. The maximum atomic E-state index is 14.2. The quantitative estimate of drug-likeness (QED) is 0.180. The minimum atomic E-state index is -4.17. The fourth-order valence-corrected chi connectivity index (χ4v) is 6.02. The summed E-state index contributed by atoms with van der Waals surface area (Å²) in [6.07, 6.45) is 0.733. The number of carbonyl (C=O) groups excluding carboxylic acids is 2. The number of nitrogens with one attached hydrogen (secondary N) is 1. The van der Waals surface area contributed by atoms with Gasteiger partial charge < -0.3 is 15.0 Å². The van der Waals surface area contributed by atoms with Gasteiger partial charge in [0.1, 0.15) is 24.1 Å². The zero-order chi connectivity index (χ0) is 32.6. The number of hydrogen-bond acceptors (Lipinski definition) is 5. The molecule has 0 spiro atoms. The van der Waals surface area contributed by atoms with Gasteiger partial charge in [-0.2, -0.15) is 0 Å². The number of hydrogen-bond donors (Lipinski definition) is 1. The van der Waals surface area contributed by atoms with Crippen molar-refractivity contribution >= 4 is 27.5 Å². The van der Waals surface area contributed by atoms with Crippen LogP contribution in [0.25, 0.3) is 0 Å². The lowest BCUT2D eigenvalue weighted by Crippen LogP contribution is -2.52. The molecule has 0 radical (unpaired) electrons. The summed E-state index contributed by atoms with van der Waals surface area (Å²) >= 11 is 0. The van der Waals surface area contributed by atoms with Crippen molar-refractivity contribution in [1.82, 2.24) is 10.2 Å². The van der Waals surface area contributed by atoms with Crippen LogP contribution < -0.4 is 14.4 Å². The molecule has 236 valence electrons. The summed E-state index contributed by atoms with van der Waals surface area (Å²) in [6.45, 7) is 9.00. The molecular weight excluding hydrogens is 586 g/mol. The van der Waals surface area contributed by atoms with Gasteiger partial charge in [-0.25, -0.2) is 8.42 Å². The summed E-state index contributed by atoms with van der Waals surface area (Å²) in [5.74, 6) is 0.337. The molecule has 45 heavy (non-hydrogen) atoms. The van der Waals surface area contributed by atoms with Gasteiger partial charge in [0.15, 0.2) is 0 Å². The largest absolute Gasteiger partial charge is 0.457 e. The lowest BCUT2D eigenvalue weighted by atomic mass is 10.1. The van der Waals surface area contributed by atoms with Crippen LogP contribution >= 0.6 is 0 Å². The lowest BCUT2D eigenvalue weighted by Gasteiger charge is -2.32. The smallest absolute Gasteiger partial charge is 0.264 e. The van der Waals surface area contributed by atoms with Crippen LogP contribution in [0.1, 0.15) is 43.9 Å². The Kier molecular flexibility index (Phi) is 11.0. The first-order valence-corrected chi connectivity index (χ1v) is 16.5. The van der Waals surface area contributed by atoms with Crippen molar-refractivity contribution < 1.29 is 22.7 Å². The summed E-state index contributed by atoms with van der Waals surface area (Å²) in [5.41, 5.74) is 3.09. The molecule has 1 N–H and O–H groups in total. The van der Waals surface area contributed by atoms with E-state index in [2.05, 4.69) is 5.32 Å². The highest BCUT2D eigenvalue weighted by Crippen LogP contribution is 2.29. The molecule has 0 saturated heterocycles. The van der Waals surface area contributed by atoms with Gasteiger partial charge >= 0.3 is 0 Å². The van der Waals surface area contributed by atoms with Crippen LogP contribution in [0.4, 0.5) is 5.69 Å². The van der Waals surface area contributed by atoms with Crippen LogP contribution in [0.2, 0.25) is 0 Å². The highest BCUT2D eigenvalue weighted by molar-refractivity contribution is 7.92. The molecule has 0 aromatic heterocycles. The summed E-state index contributed by atoms with van der Waals surface area (Å²) < 4.78 is 35.2. The number of para-hydroxylation sites is 1. The highest BCUT2D eigenvalue weighted by atomic mass is 32.2. The molecule has 0 fully saturated rings. The number of aryl methyl sites for hydroxylation is 2. The van der Waals surface area contributed by atoms with Crippen LogP contribution in [0.5, 0.6) is 11.5 Å². The van der Waals surface area contributed by atoms with E-state index in [0.717, 1.165) is 27.4 Å². The average Bonchev–Trinajstić information content (AvgIpc) is 3.04. The summed E-state index contributed by atoms with van der Waals surface area (Å²) in [4.78, 5) is 28.9. The van der Waals surface area contributed by atoms with Crippen molar-refractivity contribution in [3.05, 3.63) is 120 Å². The van der Waals surface area contributed by atoms with Crippen LogP contribution in [-0.2, 0) is 26.2 Å². The van der Waals surface area contributed by atoms with Crippen molar-refractivity contribution in [1.29, 1.82) is 0 Å². The predicted molar refractivity (Wildman–Crippen MR) is 178 cm³/mol. The Labute approximate surface area is 266 Å². The number of benzene rings is 4. The Bertz CT molecular complexity index is 1670. The number of anilines is 1. The average molecular weight is 628 g/mol. The normalized spacial score (nSPS) is 12.6. The number of ether oxygens (including phenoxy) is 1. The van der Waals surface area contributed by atoms with Gasteiger partial charge in [0, 0.05) is 12.6 Å². The summed E-state index contributed by atoms with van der Waals surface area (Å²) in [6, 6.07) is 29.1. The van der Waals surface area contributed by atoms with Crippen molar-refractivity contribution in [3.8, 4) is 11.5 Å². The fourth-order valence-electron chi connectivity index (χ4n) is 4.61. The van der Waals surface area contributed by atoms with E-state index in [1.807, 2.05) is 82.3 Å². The maximum Gasteiger partial charge on any atom is 0.264 e. The molecule has 0 unspecified atom stereocenters. The maximum absolute atomic E-state index is 14.2. The highest BCUT2D eigenvalue weighted by Gasteiger charge is 2.32. The Morgan fingerprint density at radius 3 is 1.91 bits per heavy atom. The first-order chi connectivity index (χ1) is 21.5. The van der Waals surface area contributed by atoms with Gasteiger partial charge in [-0.05, 0) is 88.2 Å². The van der Waals surface area contributed by atoms with E-state index in [1.54, 1.807) is 43.3 Å². The second-order valence-electron chi connectivity index (χ2n) is 11.2. The molecule has 4 aromatic rings. The van der Waals surface area contributed by atoms with Crippen LogP contribution in [-0.4, -0.2) is 43.8 Å². The third-order valence-electron chi connectivity index (χ3n) is 7.63. The predicted octanol–water partition coefficient (Wildman–Crippen LogP) is 6.62. The molecule has 9 heteroatoms. The second-order valence-corrected chi connectivity index (χ2v) is 13.1. The molecule has 0 saturated carbocycles. The number of rotatable bonds is 13. The lowest BCUT2D eigenvalue weighted by molar-refractivity contribution is -0.139. The number of amides is 2. The zero-order valence-electron chi connectivity index (χ0n) is 26.4. The van der Waals surface area contributed by atoms with Crippen LogP contribution in [0, 0.1) is 13.8 Å². The third kappa shape index (κ3) is 8.73. The van der Waals surface area contributed by atoms with Crippen molar-refractivity contribution in [2.24, 2.45) is 0 Å². The van der Waals surface area contributed by atoms with Crippen molar-refractivity contribution in [3.63, 3.8) is 0 Å². The topological polar surface area (TPSA) is 96.0 Å². The van der Waals surface area contributed by atoms with Gasteiger partial charge in [0.05, 0.1) is 10.6 Å². The first-order valence-electron chi connectivity index (χ1n) is 15.1. The molecule has 2 amide bonds. The molecule has 0 heterocycles. The number of nitrogens with zero attached hydrogens (tertiary/aromatic N) is 2. The number of carbonyl (C=O) groups is 2. The van der Waals surface area contributed by atoms with Crippen LogP contribution in [0.3, 0.4) is 0 Å². The molecule has 0 bridgehead atoms. The minimum Gasteiger partial charge on any atom is -0.457 e. The molecular formula is C36H41N3O5S. The van der Waals surface area contributed by atoms with E-state index in [0.29, 0.717) is 11.5 Å². The standard InChI is InChI=1S/C36H41N3O5S/c1-6-28(4)37-36(41)29(5)38(24-30-16-12-26(2)13-17-30)35(40)25-39(45(42,43)34-22-14-27(3)15-23-34)31-18-20-33(21-19-31)44-32-10-8-7-9-11-32/h7-23,28-29H,6,24-25H2,1-5H3,(H,37,41)/t28-,29+/m0/s1. The van der Waals surface area contributed by atoms with Gasteiger partial charge in [-0.3, -0.25) is 13.9 Å².